The van der Waals surface area contributed by atoms with Gasteiger partial charge < -0.3 is 25.0 Å². The van der Waals surface area contributed by atoms with Gasteiger partial charge in [-0.15, -0.1) is 0 Å². The summed E-state index contributed by atoms with van der Waals surface area (Å²) in [5.41, 5.74) is 0.901. The van der Waals surface area contributed by atoms with E-state index in [1.54, 1.807) is 36.1 Å². The molecular formula is C21H24ClN3O6. The van der Waals surface area contributed by atoms with Crippen LogP contribution in [0.4, 0.5) is 4.79 Å². The zero-order valence-electron chi connectivity index (χ0n) is 17.1. The summed E-state index contributed by atoms with van der Waals surface area (Å²) in [7, 11) is 0. The Morgan fingerprint density at radius 3 is 2.65 bits per heavy atom. The van der Waals surface area contributed by atoms with E-state index in [4.69, 9.17) is 21.1 Å². The van der Waals surface area contributed by atoms with Crippen LogP contribution in [0.2, 0.25) is 5.02 Å². The first-order valence-corrected chi connectivity index (χ1v) is 10.4. The van der Waals surface area contributed by atoms with E-state index >= 15 is 0 Å². The van der Waals surface area contributed by atoms with Crippen LogP contribution in [0.3, 0.4) is 0 Å². The van der Waals surface area contributed by atoms with Crippen LogP contribution in [-0.4, -0.2) is 61.6 Å². The number of nitrogens with zero attached hydrogens (tertiary/aromatic N) is 1. The molecule has 0 radical (unpaired) electrons. The molecule has 31 heavy (non-hydrogen) atoms. The summed E-state index contributed by atoms with van der Waals surface area (Å²) >= 11 is 5.87. The Morgan fingerprint density at radius 2 is 1.94 bits per heavy atom. The van der Waals surface area contributed by atoms with Crippen LogP contribution in [-0.2, 0) is 19.1 Å². The van der Waals surface area contributed by atoms with Crippen molar-refractivity contribution in [3.63, 3.8) is 0 Å². The number of carbonyl (C=O) groups excluding carboxylic acids is 4. The molecular weight excluding hydrogens is 426 g/mol. The number of esters is 2. The molecule has 9 nitrogen and oxygen atoms in total. The number of urea groups is 1. The number of benzene rings is 1. The number of amides is 3. The molecule has 1 saturated heterocycles. The van der Waals surface area contributed by atoms with Crippen LogP contribution in [0.5, 0.6) is 0 Å². The third-order valence-electron chi connectivity index (χ3n) is 5.07. The van der Waals surface area contributed by atoms with Crippen LogP contribution in [0, 0.1) is 5.92 Å². The average Bonchev–Trinajstić information content (AvgIpc) is 2.77. The highest BCUT2D eigenvalue weighted by Gasteiger charge is 2.31. The lowest BCUT2D eigenvalue weighted by Gasteiger charge is -2.32. The molecule has 0 unspecified atom stereocenters. The van der Waals surface area contributed by atoms with Crippen molar-refractivity contribution in [2.45, 2.75) is 19.8 Å². The van der Waals surface area contributed by atoms with E-state index in [2.05, 4.69) is 10.6 Å². The summed E-state index contributed by atoms with van der Waals surface area (Å²) in [6, 6.07) is 6.10. The lowest BCUT2D eigenvalue weighted by Crippen LogP contribution is -2.46. The van der Waals surface area contributed by atoms with Gasteiger partial charge in [0.25, 0.3) is 5.91 Å². The molecule has 2 N–H and O–H groups in total. The van der Waals surface area contributed by atoms with E-state index in [0.717, 1.165) is 0 Å². The van der Waals surface area contributed by atoms with E-state index in [1.165, 1.54) is 0 Å². The summed E-state index contributed by atoms with van der Waals surface area (Å²) in [5, 5.41) is 5.52. The van der Waals surface area contributed by atoms with Gasteiger partial charge in [-0.25, -0.2) is 9.59 Å². The maximum Gasteiger partial charge on any atom is 0.337 e. The highest BCUT2D eigenvalue weighted by Crippen LogP contribution is 2.21. The molecule has 3 rings (SSSR count). The third kappa shape index (κ3) is 5.75. The van der Waals surface area contributed by atoms with Gasteiger partial charge in [-0.3, -0.25) is 9.59 Å². The van der Waals surface area contributed by atoms with Gasteiger partial charge in [0, 0.05) is 23.7 Å². The molecule has 2 heterocycles. The van der Waals surface area contributed by atoms with Gasteiger partial charge in [0.1, 0.15) is 6.61 Å². The van der Waals surface area contributed by atoms with Crippen LogP contribution >= 0.6 is 11.6 Å². The standard InChI is InChI=1S/C21H24ClN3O6/c1-2-30-20(28)16-10-23-21(29)24-17(16)12-31-19(27)14-4-3-9-25(11-14)18(26)13-5-7-15(22)8-6-13/h5-8,14H,2-4,9-12H2,1H3,(H2,23,24,29)/t14-/m0/s1. The van der Waals surface area contributed by atoms with Gasteiger partial charge in [0.2, 0.25) is 0 Å². The molecule has 0 aromatic heterocycles. The first-order chi connectivity index (χ1) is 14.9. The minimum absolute atomic E-state index is 0.00957. The maximum atomic E-state index is 12.7. The SMILES string of the molecule is CCOC(=O)C1=C(COC(=O)[C@H]2CCCN(C(=O)c3ccc(Cl)cc3)C2)NC(=O)NC1. The van der Waals surface area contributed by atoms with Gasteiger partial charge in [0.05, 0.1) is 30.3 Å². The van der Waals surface area contributed by atoms with Gasteiger partial charge in [0.15, 0.2) is 0 Å². The van der Waals surface area contributed by atoms with E-state index in [9.17, 15) is 19.2 Å². The zero-order chi connectivity index (χ0) is 22.4. The normalized spacial score (nSPS) is 18.7. The minimum Gasteiger partial charge on any atom is -0.463 e. The molecule has 0 saturated carbocycles. The summed E-state index contributed by atoms with van der Waals surface area (Å²) in [6.07, 6.45) is 1.25. The Morgan fingerprint density at radius 1 is 1.19 bits per heavy atom. The minimum atomic E-state index is -0.585. The average molecular weight is 450 g/mol. The Labute approximate surface area is 184 Å². The highest BCUT2D eigenvalue weighted by atomic mass is 35.5. The molecule has 1 aromatic carbocycles. The van der Waals surface area contributed by atoms with Crippen LogP contribution in [0.15, 0.2) is 35.5 Å². The number of hydrogen-bond acceptors (Lipinski definition) is 6. The second-order valence-electron chi connectivity index (χ2n) is 7.19. The fourth-order valence-electron chi connectivity index (χ4n) is 3.46. The number of carbonyl (C=O) groups is 4. The predicted octanol–water partition coefficient (Wildman–Crippen LogP) is 1.87. The topological polar surface area (TPSA) is 114 Å². The first-order valence-electron chi connectivity index (χ1n) is 10.0. The molecule has 2 aliphatic rings. The Hall–Kier alpha value is -3.07. The summed E-state index contributed by atoms with van der Waals surface area (Å²) in [5.74, 6) is -1.74. The molecule has 0 aliphatic carbocycles. The van der Waals surface area contributed by atoms with Crippen molar-refractivity contribution in [2.75, 3.05) is 32.8 Å². The number of ether oxygens (including phenoxy) is 2. The largest absolute Gasteiger partial charge is 0.463 e. The number of piperidine rings is 1. The summed E-state index contributed by atoms with van der Waals surface area (Å²) < 4.78 is 10.4. The predicted molar refractivity (Wildman–Crippen MR) is 111 cm³/mol. The van der Waals surface area contributed by atoms with E-state index in [1.807, 2.05) is 0 Å². The summed E-state index contributed by atoms with van der Waals surface area (Å²) in [4.78, 5) is 50.7. The van der Waals surface area contributed by atoms with Crippen molar-refractivity contribution in [3.8, 4) is 0 Å². The van der Waals surface area contributed by atoms with Gasteiger partial charge in [-0.05, 0) is 44.0 Å². The fourth-order valence-corrected chi connectivity index (χ4v) is 3.58. The maximum absolute atomic E-state index is 12.7. The van der Waals surface area contributed by atoms with Crippen molar-refractivity contribution in [3.05, 3.63) is 46.1 Å². The molecule has 10 heteroatoms. The molecule has 0 spiro atoms. The monoisotopic (exact) mass is 449 g/mol. The highest BCUT2D eigenvalue weighted by molar-refractivity contribution is 6.30. The lowest BCUT2D eigenvalue weighted by molar-refractivity contribution is -0.149. The van der Waals surface area contributed by atoms with E-state index in [-0.39, 0.29) is 43.5 Å². The number of rotatable bonds is 6. The zero-order valence-corrected chi connectivity index (χ0v) is 17.9. The molecule has 1 fully saturated rings. The number of nitrogens with one attached hydrogen (secondary N) is 2. The second-order valence-corrected chi connectivity index (χ2v) is 7.63. The van der Waals surface area contributed by atoms with Crippen molar-refractivity contribution >= 4 is 35.5 Å². The van der Waals surface area contributed by atoms with Crippen LogP contribution in [0.1, 0.15) is 30.1 Å². The second kappa shape index (κ2) is 10.3. The van der Waals surface area contributed by atoms with E-state index in [0.29, 0.717) is 30.0 Å². The third-order valence-corrected chi connectivity index (χ3v) is 5.32. The molecule has 3 amide bonds. The molecule has 2 aliphatic heterocycles. The van der Waals surface area contributed by atoms with Gasteiger partial charge >= 0.3 is 18.0 Å². The Kier molecular flexibility index (Phi) is 7.51. The smallest absolute Gasteiger partial charge is 0.337 e. The van der Waals surface area contributed by atoms with Crippen LogP contribution < -0.4 is 10.6 Å². The van der Waals surface area contributed by atoms with Crippen molar-refractivity contribution in [1.29, 1.82) is 0 Å². The molecule has 0 bridgehead atoms. The number of hydrogen-bond donors (Lipinski definition) is 2. The van der Waals surface area contributed by atoms with Crippen molar-refractivity contribution < 1.29 is 28.7 Å². The van der Waals surface area contributed by atoms with Crippen molar-refractivity contribution in [2.24, 2.45) is 5.92 Å². The van der Waals surface area contributed by atoms with Gasteiger partial charge in [-0.2, -0.15) is 0 Å². The number of likely N-dealkylation sites (tertiary alicyclic amines) is 1. The Balaban J connectivity index is 1.61. The van der Waals surface area contributed by atoms with E-state index < -0.39 is 23.9 Å². The van der Waals surface area contributed by atoms with Crippen LogP contribution in [0.25, 0.3) is 0 Å². The molecule has 1 atom stereocenters. The summed E-state index contributed by atoms with van der Waals surface area (Å²) in [6.45, 7) is 2.37. The van der Waals surface area contributed by atoms with Gasteiger partial charge in [-0.1, -0.05) is 11.6 Å². The first kappa shape index (κ1) is 22.6. The fraction of sp³-hybridized carbons (Fsp3) is 0.429. The molecule has 1 aromatic rings. The lowest BCUT2D eigenvalue weighted by atomic mass is 9.97. The quantitative estimate of drug-likeness (QED) is 0.641. The van der Waals surface area contributed by atoms with Crippen molar-refractivity contribution in [1.82, 2.24) is 15.5 Å². The number of halogens is 1. The molecule has 166 valence electrons. The Bertz CT molecular complexity index is 899.